The van der Waals surface area contributed by atoms with Crippen LogP contribution < -0.4 is 15.0 Å². The Hall–Kier alpha value is -4.23. The molecule has 1 aliphatic heterocycles. The maximum Gasteiger partial charge on any atom is 0.573 e. The molecule has 228 valence electrons. The number of thiocarbonyl (C=S) groups is 1. The number of rotatable bonds is 8. The number of carbonyl (C=O) groups is 1. The van der Waals surface area contributed by atoms with Crippen molar-refractivity contribution in [2.24, 2.45) is 4.99 Å². The Bertz CT molecular complexity index is 1690. The number of amides is 1. The van der Waals surface area contributed by atoms with Gasteiger partial charge >= 0.3 is 6.36 Å². The Morgan fingerprint density at radius 1 is 1.14 bits per heavy atom. The van der Waals surface area contributed by atoms with Gasteiger partial charge in [-0.15, -0.1) is 18.3 Å². The summed E-state index contributed by atoms with van der Waals surface area (Å²) in [6, 6.07) is 19.2. The molecule has 1 aliphatic rings. The number of hydrogen-bond donors (Lipinski definition) is 1. The van der Waals surface area contributed by atoms with Gasteiger partial charge in [0.15, 0.2) is 16.1 Å². The van der Waals surface area contributed by atoms with Crippen LogP contribution in [0, 0.1) is 6.92 Å². The second-order valence-electron chi connectivity index (χ2n) is 10.2. The smallest absolute Gasteiger partial charge is 0.406 e. The van der Waals surface area contributed by atoms with E-state index in [9.17, 15) is 18.0 Å². The molecule has 4 aromatic rings. The summed E-state index contributed by atoms with van der Waals surface area (Å²) >= 11 is 6.92. The van der Waals surface area contributed by atoms with Crippen LogP contribution in [0.5, 0.6) is 5.75 Å². The van der Waals surface area contributed by atoms with Gasteiger partial charge in [0.05, 0.1) is 17.1 Å². The fraction of sp³-hybridized carbons (Fsp3) is 0.258. The topological polar surface area (TPSA) is 84.6 Å². The number of aromatic nitrogens is 3. The van der Waals surface area contributed by atoms with Gasteiger partial charge in [-0.05, 0) is 80.4 Å². The second-order valence-corrected chi connectivity index (χ2v) is 11.5. The average Bonchev–Trinajstić information content (AvgIpc) is 3.60. The molecule has 1 amide bonds. The third kappa shape index (κ3) is 7.64. The van der Waals surface area contributed by atoms with Crippen LogP contribution in [0.1, 0.15) is 30.5 Å². The number of halogens is 3. The van der Waals surface area contributed by atoms with Crippen molar-refractivity contribution < 1.29 is 22.7 Å². The first-order valence-corrected chi connectivity index (χ1v) is 15.2. The minimum absolute atomic E-state index is 0.0176. The highest BCUT2D eigenvalue weighted by atomic mass is 32.2. The predicted octanol–water partition coefficient (Wildman–Crippen LogP) is 6.65. The van der Waals surface area contributed by atoms with Gasteiger partial charge < -0.3 is 10.1 Å². The van der Waals surface area contributed by atoms with E-state index in [1.165, 1.54) is 47.0 Å². The molecule has 5 rings (SSSR count). The molecule has 0 bridgehead atoms. The van der Waals surface area contributed by atoms with Gasteiger partial charge in [0.25, 0.3) is 0 Å². The van der Waals surface area contributed by atoms with Crippen LogP contribution in [0.15, 0.2) is 78.0 Å². The van der Waals surface area contributed by atoms with Gasteiger partial charge in [-0.1, -0.05) is 60.6 Å². The van der Waals surface area contributed by atoms with E-state index < -0.39 is 6.36 Å². The first-order valence-electron chi connectivity index (χ1n) is 13.8. The number of aryl methyl sites for hydroxylation is 2. The lowest BCUT2D eigenvalue weighted by molar-refractivity contribution is -0.274. The molecule has 0 saturated carbocycles. The standard InChI is InChI=1S/C31H29F3N6O2S2/c1-4-22-15-19(2)5-14-26(22)40-27(41)17-44-30(40)37-29(43)36-20(3)16-21-6-8-23(9-7-21)28-35-18-39(38-28)24-10-12-25(13-11-24)42-31(32,33)34/h5-15,18,20H,4,16-17H2,1-3H3,(H,36,43). The van der Waals surface area contributed by atoms with Crippen LogP contribution in [0.25, 0.3) is 17.1 Å². The summed E-state index contributed by atoms with van der Waals surface area (Å²) < 4.78 is 42.6. The monoisotopic (exact) mass is 638 g/mol. The summed E-state index contributed by atoms with van der Waals surface area (Å²) in [5.41, 5.74) is 5.46. The highest BCUT2D eigenvalue weighted by Gasteiger charge is 2.32. The Morgan fingerprint density at radius 2 is 1.86 bits per heavy atom. The Kier molecular flexibility index (Phi) is 9.35. The lowest BCUT2D eigenvalue weighted by Gasteiger charge is -2.20. The van der Waals surface area contributed by atoms with Crippen molar-refractivity contribution in [3.05, 3.63) is 89.7 Å². The zero-order chi connectivity index (χ0) is 31.4. The van der Waals surface area contributed by atoms with E-state index in [1.54, 1.807) is 4.90 Å². The summed E-state index contributed by atoms with van der Waals surface area (Å²) in [5.74, 6) is 0.465. The lowest BCUT2D eigenvalue weighted by atomic mass is 10.1. The molecule has 0 aliphatic carbocycles. The normalized spacial score (nSPS) is 15.1. The van der Waals surface area contributed by atoms with E-state index in [-0.39, 0.29) is 17.7 Å². The number of nitrogens with one attached hydrogen (secondary N) is 1. The molecule has 1 unspecified atom stereocenters. The molecule has 3 aromatic carbocycles. The summed E-state index contributed by atoms with van der Waals surface area (Å²) in [6.07, 6.45) is -1.78. The number of hydrogen-bond acceptors (Lipinski definition) is 6. The number of alkyl halides is 3. The molecule has 1 aromatic heterocycles. The third-order valence-corrected chi connectivity index (χ3v) is 7.90. The molecule has 44 heavy (non-hydrogen) atoms. The van der Waals surface area contributed by atoms with Crippen LogP contribution in [0.4, 0.5) is 18.9 Å². The minimum atomic E-state index is -4.75. The maximum absolute atomic E-state index is 12.8. The van der Waals surface area contributed by atoms with Crippen molar-refractivity contribution in [1.29, 1.82) is 0 Å². The molecular weight excluding hydrogens is 610 g/mol. The zero-order valence-corrected chi connectivity index (χ0v) is 25.8. The van der Waals surface area contributed by atoms with Gasteiger partial charge in [-0.25, -0.2) is 9.67 Å². The lowest BCUT2D eigenvalue weighted by Crippen LogP contribution is -2.35. The van der Waals surface area contributed by atoms with Crippen LogP contribution in [-0.4, -0.2) is 49.1 Å². The maximum atomic E-state index is 12.8. The summed E-state index contributed by atoms with van der Waals surface area (Å²) in [7, 11) is 0. The number of aliphatic imine (C=N–C) groups is 1. The molecule has 13 heteroatoms. The van der Waals surface area contributed by atoms with Gasteiger partial charge in [-0.3, -0.25) is 9.69 Å². The summed E-state index contributed by atoms with van der Waals surface area (Å²) in [5, 5.41) is 8.59. The van der Waals surface area contributed by atoms with Crippen LogP contribution in [0.2, 0.25) is 0 Å². The molecule has 2 heterocycles. The Balaban J connectivity index is 1.19. The molecule has 0 radical (unpaired) electrons. The van der Waals surface area contributed by atoms with E-state index in [1.807, 2.05) is 50.2 Å². The number of anilines is 1. The molecule has 0 spiro atoms. The number of amidine groups is 1. The van der Waals surface area contributed by atoms with Crippen molar-refractivity contribution in [1.82, 2.24) is 20.1 Å². The first-order chi connectivity index (χ1) is 21.0. The van der Waals surface area contributed by atoms with Crippen molar-refractivity contribution in [3.63, 3.8) is 0 Å². The summed E-state index contributed by atoms with van der Waals surface area (Å²) in [6.45, 7) is 6.10. The molecule has 8 nitrogen and oxygen atoms in total. The minimum Gasteiger partial charge on any atom is -0.406 e. The SMILES string of the molecule is CCc1cc(C)ccc1N1C(=O)CSC1=NC(=S)NC(C)Cc1ccc(-c2ncn(-c3ccc(OC(F)(F)F)cc3)n2)cc1. The van der Waals surface area contributed by atoms with E-state index >= 15 is 0 Å². The molecule has 1 saturated heterocycles. The largest absolute Gasteiger partial charge is 0.573 e. The number of carbonyl (C=O) groups excluding carboxylic acids is 1. The van der Waals surface area contributed by atoms with Crippen molar-refractivity contribution in [3.8, 4) is 22.8 Å². The molecule has 1 fully saturated rings. The molecule has 1 atom stereocenters. The van der Waals surface area contributed by atoms with E-state index in [0.29, 0.717) is 34.0 Å². The quantitative estimate of drug-likeness (QED) is 0.217. The molecule has 1 N–H and O–H groups in total. The van der Waals surface area contributed by atoms with Crippen LogP contribution in [-0.2, 0) is 17.6 Å². The van der Waals surface area contributed by atoms with Gasteiger partial charge in [-0.2, -0.15) is 4.99 Å². The highest BCUT2D eigenvalue weighted by molar-refractivity contribution is 8.15. The van der Waals surface area contributed by atoms with Crippen molar-refractivity contribution in [2.45, 2.75) is 46.0 Å². The number of nitrogens with zero attached hydrogens (tertiary/aromatic N) is 5. The molecular formula is C31H29F3N6O2S2. The van der Waals surface area contributed by atoms with Crippen LogP contribution >= 0.6 is 24.0 Å². The Labute approximate surface area is 262 Å². The van der Waals surface area contributed by atoms with Crippen LogP contribution in [0.3, 0.4) is 0 Å². The fourth-order valence-corrected chi connectivity index (χ4v) is 5.95. The summed E-state index contributed by atoms with van der Waals surface area (Å²) in [4.78, 5) is 23.3. The predicted molar refractivity (Wildman–Crippen MR) is 170 cm³/mol. The Morgan fingerprint density at radius 3 is 2.55 bits per heavy atom. The number of ether oxygens (including phenoxy) is 1. The number of benzene rings is 3. The van der Waals surface area contributed by atoms with Crippen molar-refractivity contribution >= 4 is 45.9 Å². The highest BCUT2D eigenvalue weighted by Crippen LogP contribution is 2.31. The zero-order valence-electron chi connectivity index (χ0n) is 24.1. The number of thioether (sulfide) groups is 1. The third-order valence-electron chi connectivity index (χ3n) is 6.77. The average molecular weight is 639 g/mol. The van der Waals surface area contributed by atoms with E-state index in [2.05, 4.69) is 38.1 Å². The second kappa shape index (κ2) is 13.2. The first kappa shape index (κ1) is 31.2. The van der Waals surface area contributed by atoms with E-state index in [4.69, 9.17) is 12.2 Å². The van der Waals surface area contributed by atoms with Gasteiger partial charge in [0.1, 0.15) is 12.1 Å². The van der Waals surface area contributed by atoms with Gasteiger partial charge in [0.2, 0.25) is 5.91 Å². The van der Waals surface area contributed by atoms with E-state index in [0.717, 1.165) is 34.4 Å². The van der Waals surface area contributed by atoms with Gasteiger partial charge in [0, 0.05) is 11.6 Å². The van der Waals surface area contributed by atoms with Crippen molar-refractivity contribution in [2.75, 3.05) is 10.7 Å². The fourth-order valence-electron chi connectivity index (χ4n) is 4.74.